The average Bonchev–Trinajstić information content (AvgIpc) is 2.44. The fraction of sp³-hybridized carbons (Fsp3) is 0.250. The van der Waals surface area contributed by atoms with Crippen molar-refractivity contribution in [3.05, 3.63) is 57.8 Å². The van der Waals surface area contributed by atoms with Gasteiger partial charge in [-0.05, 0) is 48.7 Å². The highest BCUT2D eigenvalue weighted by molar-refractivity contribution is 6.32. The van der Waals surface area contributed by atoms with Crippen molar-refractivity contribution in [1.82, 2.24) is 0 Å². The van der Waals surface area contributed by atoms with E-state index >= 15 is 0 Å². The lowest BCUT2D eigenvalue weighted by molar-refractivity contribution is 0.470. The van der Waals surface area contributed by atoms with Gasteiger partial charge in [0.15, 0.2) is 0 Å². The summed E-state index contributed by atoms with van der Waals surface area (Å²) in [7, 11) is 0. The lowest BCUT2D eigenvalue weighted by Gasteiger charge is -2.15. The first-order chi connectivity index (χ1) is 9.99. The summed E-state index contributed by atoms with van der Waals surface area (Å²) in [6, 6.07) is 9.41. The maximum Gasteiger partial charge on any atom is 0.146 e. The number of ether oxygens (including phenoxy) is 1. The van der Waals surface area contributed by atoms with Crippen LogP contribution >= 0.6 is 23.2 Å². The molecule has 2 aromatic carbocycles. The SMILES string of the molecule is CCC(N)Cc1ccc(Cl)cc1Oc1ccc(F)cc1Cl. The summed E-state index contributed by atoms with van der Waals surface area (Å²) in [5.41, 5.74) is 6.93. The third kappa shape index (κ3) is 4.34. The van der Waals surface area contributed by atoms with Crippen molar-refractivity contribution in [2.75, 3.05) is 0 Å². The molecule has 1 atom stereocenters. The molecule has 1 unspecified atom stereocenters. The van der Waals surface area contributed by atoms with Gasteiger partial charge in [-0.25, -0.2) is 4.39 Å². The van der Waals surface area contributed by atoms with Crippen molar-refractivity contribution < 1.29 is 9.13 Å². The van der Waals surface area contributed by atoms with Gasteiger partial charge in [0.05, 0.1) is 5.02 Å². The molecule has 0 spiro atoms. The lowest BCUT2D eigenvalue weighted by Crippen LogP contribution is -2.21. The summed E-state index contributed by atoms with van der Waals surface area (Å²) in [6.07, 6.45) is 1.53. The molecule has 0 aliphatic rings. The molecule has 2 nitrogen and oxygen atoms in total. The van der Waals surface area contributed by atoms with Gasteiger partial charge in [0.25, 0.3) is 0 Å². The zero-order valence-electron chi connectivity index (χ0n) is 11.6. The van der Waals surface area contributed by atoms with Gasteiger partial charge in [-0.15, -0.1) is 0 Å². The van der Waals surface area contributed by atoms with Crippen molar-refractivity contribution in [3.63, 3.8) is 0 Å². The fourth-order valence-electron chi connectivity index (χ4n) is 1.90. The molecule has 21 heavy (non-hydrogen) atoms. The Labute approximate surface area is 133 Å². The molecule has 5 heteroatoms. The topological polar surface area (TPSA) is 35.2 Å². The van der Waals surface area contributed by atoms with Crippen LogP contribution in [0.3, 0.4) is 0 Å². The second-order valence-corrected chi connectivity index (χ2v) is 5.64. The Balaban J connectivity index is 2.31. The molecule has 0 amide bonds. The van der Waals surface area contributed by atoms with Crippen LogP contribution in [0.2, 0.25) is 10.0 Å². The average molecular weight is 328 g/mol. The normalized spacial score (nSPS) is 12.2. The molecule has 0 bridgehead atoms. The molecule has 2 N–H and O–H groups in total. The predicted octanol–water partition coefficient (Wildman–Crippen LogP) is 5.20. The van der Waals surface area contributed by atoms with Crippen LogP contribution in [0, 0.1) is 5.82 Å². The highest BCUT2D eigenvalue weighted by Crippen LogP contribution is 2.33. The second kappa shape index (κ2) is 7.12. The molecule has 0 radical (unpaired) electrons. The molecule has 0 aliphatic heterocycles. The van der Waals surface area contributed by atoms with Crippen LogP contribution in [0.1, 0.15) is 18.9 Å². The fourth-order valence-corrected chi connectivity index (χ4v) is 2.26. The molecule has 0 aliphatic carbocycles. The molecule has 112 valence electrons. The van der Waals surface area contributed by atoms with Gasteiger partial charge < -0.3 is 10.5 Å². The van der Waals surface area contributed by atoms with Crippen LogP contribution in [0.15, 0.2) is 36.4 Å². The Kier molecular flexibility index (Phi) is 5.45. The van der Waals surface area contributed by atoms with Crippen LogP contribution in [0.4, 0.5) is 4.39 Å². The highest BCUT2D eigenvalue weighted by atomic mass is 35.5. The number of nitrogens with two attached hydrogens (primary N) is 1. The first-order valence-corrected chi connectivity index (χ1v) is 7.42. The van der Waals surface area contributed by atoms with E-state index in [0.717, 1.165) is 12.0 Å². The van der Waals surface area contributed by atoms with Gasteiger partial charge in [-0.3, -0.25) is 0 Å². The molecular formula is C16H16Cl2FNO. The van der Waals surface area contributed by atoms with Crippen LogP contribution in [-0.4, -0.2) is 6.04 Å². The van der Waals surface area contributed by atoms with E-state index in [2.05, 4.69) is 0 Å². The van der Waals surface area contributed by atoms with E-state index in [1.165, 1.54) is 18.2 Å². The monoisotopic (exact) mass is 327 g/mol. The van der Waals surface area contributed by atoms with Crippen molar-refractivity contribution in [3.8, 4) is 11.5 Å². The third-order valence-electron chi connectivity index (χ3n) is 3.15. The number of hydrogen-bond donors (Lipinski definition) is 1. The maximum absolute atomic E-state index is 13.1. The zero-order valence-corrected chi connectivity index (χ0v) is 13.1. The Hall–Kier alpha value is -1.29. The van der Waals surface area contributed by atoms with E-state index in [9.17, 15) is 4.39 Å². The minimum atomic E-state index is -0.410. The molecule has 0 saturated carbocycles. The van der Waals surface area contributed by atoms with Crippen molar-refractivity contribution in [2.45, 2.75) is 25.8 Å². The van der Waals surface area contributed by atoms with Crippen LogP contribution in [0.25, 0.3) is 0 Å². The summed E-state index contributed by atoms with van der Waals surface area (Å²) in [5, 5.41) is 0.762. The second-order valence-electron chi connectivity index (χ2n) is 4.80. The predicted molar refractivity (Wildman–Crippen MR) is 84.9 cm³/mol. The van der Waals surface area contributed by atoms with Gasteiger partial charge in [0.2, 0.25) is 0 Å². The lowest BCUT2D eigenvalue weighted by atomic mass is 10.0. The maximum atomic E-state index is 13.1. The number of benzene rings is 2. The standard InChI is InChI=1S/C16H16Cl2FNO/c1-2-13(20)7-10-3-4-11(17)8-16(10)21-15-6-5-12(19)9-14(15)18/h3-6,8-9,13H,2,7,20H2,1H3. The smallest absolute Gasteiger partial charge is 0.146 e. The summed E-state index contributed by atoms with van der Waals surface area (Å²) >= 11 is 12.0. The van der Waals surface area contributed by atoms with Gasteiger partial charge in [0.1, 0.15) is 17.3 Å². The van der Waals surface area contributed by atoms with E-state index in [4.69, 9.17) is 33.7 Å². The van der Waals surface area contributed by atoms with Crippen LogP contribution in [-0.2, 0) is 6.42 Å². The quantitative estimate of drug-likeness (QED) is 0.818. The minimum Gasteiger partial charge on any atom is -0.455 e. The van der Waals surface area contributed by atoms with Gasteiger partial charge in [0, 0.05) is 11.1 Å². The third-order valence-corrected chi connectivity index (χ3v) is 3.68. The molecular weight excluding hydrogens is 312 g/mol. The molecule has 0 fully saturated rings. The van der Waals surface area contributed by atoms with Crippen LogP contribution in [0.5, 0.6) is 11.5 Å². The van der Waals surface area contributed by atoms with E-state index < -0.39 is 5.82 Å². The number of halogens is 3. The summed E-state index contributed by atoms with van der Waals surface area (Å²) in [6.45, 7) is 2.03. The molecule has 0 aromatic heterocycles. The summed E-state index contributed by atoms with van der Waals surface area (Å²) < 4.78 is 18.9. The Morgan fingerprint density at radius 2 is 1.90 bits per heavy atom. The Morgan fingerprint density at radius 1 is 1.14 bits per heavy atom. The van der Waals surface area contributed by atoms with Gasteiger partial charge in [-0.1, -0.05) is 36.2 Å². The molecule has 2 aromatic rings. The van der Waals surface area contributed by atoms with Crippen molar-refractivity contribution in [2.24, 2.45) is 5.73 Å². The molecule has 0 saturated heterocycles. The Morgan fingerprint density at radius 3 is 2.57 bits per heavy atom. The van der Waals surface area contributed by atoms with Crippen molar-refractivity contribution >= 4 is 23.2 Å². The Bertz CT molecular complexity index is 634. The number of rotatable bonds is 5. The first-order valence-electron chi connectivity index (χ1n) is 6.66. The van der Waals surface area contributed by atoms with Gasteiger partial charge >= 0.3 is 0 Å². The summed E-state index contributed by atoms with van der Waals surface area (Å²) in [4.78, 5) is 0. The van der Waals surface area contributed by atoms with Crippen LogP contribution < -0.4 is 10.5 Å². The zero-order chi connectivity index (χ0) is 15.4. The minimum absolute atomic E-state index is 0.0391. The van der Waals surface area contributed by atoms with Gasteiger partial charge in [-0.2, -0.15) is 0 Å². The van der Waals surface area contributed by atoms with E-state index in [1.54, 1.807) is 12.1 Å². The highest BCUT2D eigenvalue weighted by Gasteiger charge is 2.12. The van der Waals surface area contributed by atoms with Crippen molar-refractivity contribution in [1.29, 1.82) is 0 Å². The summed E-state index contributed by atoms with van der Waals surface area (Å²) in [5.74, 6) is 0.554. The number of hydrogen-bond acceptors (Lipinski definition) is 2. The first kappa shape index (κ1) is 16.1. The van der Waals surface area contributed by atoms with E-state index in [0.29, 0.717) is 22.9 Å². The largest absolute Gasteiger partial charge is 0.455 e. The van der Waals surface area contributed by atoms with E-state index in [1.807, 2.05) is 13.0 Å². The molecule has 0 heterocycles. The molecule has 2 rings (SSSR count). The van der Waals surface area contributed by atoms with E-state index in [-0.39, 0.29) is 11.1 Å².